The molecular formula is C18H21NO2. The number of nitrogens with one attached hydrogen (secondary N) is 1. The van der Waals surface area contributed by atoms with Crippen molar-refractivity contribution in [2.75, 3.05) is 0 Å². The molecule has 3 atom stereocenters. The Hall–Kier alpha value is -1.77. The van der Waals surface area contributed by atoms with E-state index in [1.807, 2.05) is 19.1 Å². The van der Waals surface area contributed by atoms with E-state index < -0.39 is 0 Å². The molecule has 2 saturated carbocycles. The summed E-state index contributed by atoms with van der Waals surface area (Å²) >= 11 is 0. The highest BCUT2D eigenvalue weighted by Gasteiger charge is 2.40. The van der Waals surface area contributed by atoms with Crippen LogP contribution in [0.4, 0.5) is 0 Å². The van der Waals surface area contributed by atoms with Crippen molar-refractivity contribution in [3.05, 3.63) is 35.1 Å². The maximum absolute atomic E-state index is 12.4. The molecule has 0 spiro atoms. The maximum Gasteiger partial charge on any atom is 0.287 e. The fraction of sp³-hybridized carbons (Fsp3) is 0.500. The number of fused-ring (bicyclic) bond motifs is 3. The minimum atomic E-state index is -0.0548. The lowest BCUT2D eigenvalue weighted by Gasteiger charge is -2.22. The summed E-state index contributed by atoms with van der Waals surface area (Å²) in [6.07, 6.45) is 5.06. The van der Waals surface area contributed by atoms with E-state index in [1.54, 1.807) is 0 Å². The first-order valence-corrected chi connectivity index (χ1v) is 7.92. The van der Waals surface area contributed by atoms with Crippen LogP contribution in [-0.2, 0) is 0 Å². The molecule has 1 aromatic heterocycles. The molecule has 0 radical (unpaired) electrons. The van der Waals surface area contributed by atoms with Crippen LogP contribution in [0.15, 0.2) is 22.6 Å². The SMILES string of the molecule is Cc1cc(C)c2cc(C(=O)NC3CC4CCC3C4)oc2c1. The van der Waals surface area contributed by atoms with E-state index in [9.17, 15) is 4.79 Å². The Morgan fingerprint density at radius 1 is 1.19 bits per heavy atom. The number of amides is 1. The first kappa shape index (κ1) is 12.9. The second kappa shape index (κ2) is 4.62. The van der Waals surface area contributed by atoms with Crippen LogP contribution in [0.1, 0.15) is 47.4 Å². The van der Waals surface area contributed by atoms with Crippen molar-refractivity contribution >= 4 is 16.9 Å². The van der Waals surface area contributed by atoms with Crippen LogP contribution in [0, 0.1) is 25.7 Å². The van der Waals surface area contributed by atoms with E-state index in [0.29, 0.717) is 17.7 Å². The average molecular weight is 283 g/mol. The Kier molecular flexibility index (Phi) is 2.84. The molecule has 2 aliphatic carbocycles. The predicted octanol–water partition coefficient (Wildman–Crippen LogP) is 3.97. The van der Waals surface area contributed by atoms with Gasteiger partial charge in [-0.15, -0.1) is 0 Å². The van der Waals surface area contributed by atoms with Gasteiger partial charge in [-0.3, -0.25) is 4.79 Å². The standard InChI is InChI=1S/C18H21NO2/c1-10-5-11(2)14-9-17(21-16(14)6-10)18(20)19-15-8-12-3-4-13(15)7-12/h5-6,9,12-13,15H,3-4,7-8H2,1-2H3,(H,19,20). The van der Waals surface area contributed by atoms with E-state index in [-0.39, 0.29) is 5.91 Å². The van der Waals surface area contributed by atoms with Crippen molar-refractivity contribution < 1.29 is 9.21 Å². The highest BCUT2D eigenvalue weighted by Crippen LogP contribution is 2.44. The molecule has 3 unspecified atom stereocenters. The van der Waals surface area contributed by atoms with Crippen LogP contribution < -0.4 is 5.32 Å². The summed E-state index contributed by atoms with van der Waals surface area (Å²) in [5.41, 5.74) is 3.13. The van der Waals surface area contributed by atoms with Gasteiger partial charge < -0.3 is 9.73 Å². The molecule has 3 nitrogen and oxygen atoms in total. The number of aryl methyl sites for hydroxylation is 2. The molecule has 4 rings (SSSR count). The van der Waals surface area contributed by atoms with Crippen molar-refractivity contribution in [3.8, 4) is 0 Å². The van der Waals surface area contributed by atoms with E-state index in [1.165, 1.54) is 19.3 Å². The largest absolute Gasteiger partial charge is 0.451 e. The van der Waals surface area contributed by atoms with Gasteiger partial charge in [0.25, 0.3) is 5.91 Å². The van der Waals surface area contributed by atoms with E-state index in [0.717, 1.165) is 34.4 Å². The number of carbonyl (C=O) groups excluding carboxylic acids is 1. The fourth-order valence-electron chi connectivity index (χ4n) is 4.26. The van der Waals surface area contributed by atoms with Gasteiger partial charge in [0.15, 0.2) is 5.76 Å². The summed E-state index contributed by atoms with van der Waals surface area (Å²) in [5, 5.41) is 4.23. The third-order valence-electron chi connectivity index (χ3n) is 5.27. The molecule has 2 fully saturated rings. The molecule has 0 aliphatic heterocycles. The van der Waals surface area contributed by atoms with Gasteiger partial charge >= 0.3 is 0 Å². The number of benzene rings is 1. The minimum absolute atomic E-state index is 0.0548. The first-order chi connectivity index (χ1) is 10.1. The van der Waals surface area contributed by atoms with Crippen LogP contribution in [0.5, 0.6) is 0 Å². The minimum Gasteiger partial charge on any atom is -0.451 e. The summed E-state index contributed by atoms with van der Waals surface area (Å²) in [6.45, 7) is 4.10. The molecule has 1 N–H and O–H groups in total. The zero-order valence-electron chi connectivity index (χ0n) is 12.6. The van der Waals surface area contributed by atoms with Crippen molar-refractivity contribution in [3.63, 3.8) is 0 Å². The van der Waals surface area contributed by atoms with Crippen LogP contribution in [0.2, 0.25) is 0 Å². The topological polar surface area (TPSA) is 42.2 Å². The van der Waals surface area contributed by atoms with Gasteiger partial charge in [-0.1, -0.05) is 12.5 Å². The summed E-state index contributed by atoms with van der Waals surface area (Å²) in [6, 6.07) is 6.35. The van der Waals surface area contributed by atoms with Crippen molar-refractivity contribution in [2.24, 2.45) is 11.8 Å². The molecular weight excluding hydrogens is 262 g/mol. The highest BCUT2D eigenvalue weighted by molar-refractivity contribution is 5.97. The highest BCUT2D eigenvalue weighted by atomic mass is 16.3. The lowest BCUT2D eigenvalue weighted by Crippen LogP contribution is -2.38. The number of furan rings is 1. The smallest absolute Gasteiger partial charge is 0.287 e. The van der Waals surface area contributed by atoms with Gasteiger partial charge in [-0.05, 0) is 68.2 Å². The van der Waals surface area contributed by atoms with Gasteiger partial charge in [0.2, 0.25) is 0 Å². The average Bonchev–Trinajstić information content (AvgIpc) is 3.11. The van der Waals surface area contributed by atoms with Gasteiger partial charge in [0.05, 0.1) is 0 Å². The van der Waals surface area contributed by atoms with Gasteiger partial charge in [-0.25, -0.2) is 0 Å². The molecule has 2 bridgehead atoms. The van der Waals surface area contributed by atoms with Gasteiger partial charge in [-0.2, -0.15) is 0 Å². The third-order valence-corrected chi connectivity index (χ3v) is 5.27. The van der Waals surface area contributed by atoms with Gasteiger partial charge in [0.1, 0.15) is 5.58 Å². The van der Waals surface area contributed by atoms with Crippen molar-refractivity contribution in [1.82, 2.24) is 5.32 Å². The number of carbonyl (C=O) groups is 1. The normalized spacial score (nSPS) is 27.4. The Morgan fingerprint density at radius 2 is 2.05 bits per heavy atom. The lowest BCUT2D eigenvalue weighted by molar-refractivity contribution is 0.0897. The van der Waals surface area contributed by atoms with E-state index >= 15 is 0 Å². The van der Waals surface area contributed by atoms with Crippen LogP contribution in [0.25, 0.3) is 11.0 Å². The Labute approximate surface area is 124 Å². The zero-order valence-corrected chi connectivity index (χ0v) is 12.6. The Morgan fingerprint density at radius 3 is 2.76 bits per heavy atom. The van der Waals surface area contributed by atoms with Crippen molar-refractivity contribution in [2.45, 2.75) is 45.6 Å². The molecule has 1 aromatic carbocycles. The lowest BCUT2D eigenvalue weighted by atomic mass is 9.95. The van der Waals surface area contributed by atoms with Crippen LogP contribution in [0.3, 0.4) is 0 Å². The second-order valence-electron chi connectivity index (χ2n) is 6.86. The molecule has 1 heterocycles. The predicted molar refractivity (Wildman–Crippen MR) is 82.4 cm³/mol. The molecule has 3 heteroatoms. The number of hydrogen-bond donors (Lipinski definition) is 1. The number of rotatable bonds is 2. The molecule has 0 saturated heterocycles. The van der Waals surface area contributed by atoms with Crippen molar-refractivity contribution in [1.29, 1.82) is 0 Å². The summed E-state index contributed by atoms with van der Waals surface area (Å²) in [7, 11) is 0. The van der Waals surface area contributed by atoms with Crippen LogP contribution in [-0.4, -0.2) is 11.9 Å². The molecule has 2 aliphatic rings. The quantitative estimate of drug-likeness (QED) is 0.906. The summed E-state index contributed by atoms with van der Waals surface area (Å²) < 4.78 is 5.77. The second-order valence-corrected chi connectivity index (χ2v) is 6.86. The van der Waals surface area contributed by atoms with E-state index in [4.69, 9.17) is 4.42 Å². The molecule has 21 heavy (non-hydrogen) atoms. The Bertz CT molecular complexity index is 715. The molecule has 1 amide bonds. The summed E-state index contributed by atoms with van der Waals surface area (Å²) in [4.78, 5) is 12.4. The summed E-state index contributed by atoms with van der Waals surface area (Å²) in [5.74, 6) is 1.91. The van der Waals surface area contributed by atoms with Gasteiger partial charge in [0, 0.05) is 11.4 Å². The maximum atomic E-state index is 12.4. The van der Waals surface area contributed by atoms with E-state index in [2.05, 4.69) is 18.3 Å². The zero-order chi connectivity index (χ0) is 14.6. The monoisotopic (exact) mass is 283 g/mol. The fourth-order valence-corrected chi connectivity index (χ4v) is 4.26. The third kappa shape index (κ3) is 2.15. The molecule has 110 valence electrons. The van der Waals surface area contributed by atoms with Crippen LogP contribution >= 0.6 is 0 Å². The molecule has 2 aromatic rings. The first-order valence-electron chi connectivity index (χ1n) is 7.92. The number of hydrogen-bond acceptors (Lipinski definition) is 2. The Balaban J connectivity index is 1.58.